The van der Waals surface area contributed by atoms with Crippen LogP contribution < -0.4 is 10.1 Å². The van der Waals surface area contributed by atoms with Crippen LogP contribution in [0.15, 0.2) is 78.9 Å². The molecule has 0 aliphatic carbocycles. The summed E-state index contributed by atoms with van der Waals surface area (Å²) < 4.78 is 11.3. The van der Waals surface area contributed by atoms with E-state index in [4.69, 9.17) is 9.47 Å². The van der Waals surface area contributed by atoms with Crippen molar-refractivity contribution in [1.82, 2.24) is 10.2 Å². The number of carbonyl (C=O) groups is 3. The van der Waals surface area contributed by atoms with Gasteiger partial charge in [0.25, 0.3) is 5.91 Å². The predicted octanol–water partition coefficient (Wildman–Crippen LogP) is 3.09. The molecule has 0 spiro atoms. The molecule has 2 heterocycles. The Labute approximate surface area is 208 Å². The molecule has 2 amide bonds. The summed E-state index contributed by atoms with van der Waals surface area (Å²) in [5, 5.41) is 12.7. The molecule has 0 radical (unpaired) electrons. The molecule has 3 unspecified atom stereocenters. The Hall–Kier alpha value is -4.17. The topological polar surface area (TPSA) is 105 Å². The second-order valence-corrected chi connectivity index (χ2v) is 8.92. The van der Waals surface area contributed by atoms with Crippen molar-refractivity contribution in [2.75, 3.05) is 13.2 Å². The Morgan fingerprint density at radius 2 is 1.78 bits per heavy atom. The number of phenolic OH excluding ortho intramolecular Hbond substituents is 1. The highest BCUT2D eigenvalue weighted by atomic mass is 16.5. The summed E-state index contributed by atoms with van der Waals surface area (Å²) >= 11 is 0. The van der Waals surface area contributed by atoms with Gasteiger partial charge in [-0.1, -0.05) is 30.3 Å². The number of nitrogens with one attached hydrogen (secondary N) is 1. The minimum absolute atomic E-state index is 0.0000971. The maximum Gasteiger partial charge on any atom is 0.251 e. The summed E-state index contributed by atoms with van der Waals surface area (Å²) in [5.74, 6) is 0.433. The van der Waals surface area contributed by atoms with E-state index in [1.54, 1.807) is 42.5 Å². The minimum atomic E-state index is -0.924. The average Bonchev–Trinajstić information content (AvgIpc) is 3.47. The molecule has 184 valence electrons. The number of nitrogens with zero attached hydrogens (tertiary/aromatic N) is 1. The van der Waals surface area contributed by atoms with E-state index in [-0.39, 0.29) is 36.6 Å². The first-order valence-electron chi connectivity index (χ1n) is 11.8. The van der Waals surface area contributed by atoms with Gasteiger partial charge >= 0.3 is 0 Å². The third-order valence-electron chi connectivity index (χ3n) is 6.44. The van der Waals surface area contributed by atoms with Crippen LogP contribution in [0.5, 0.6) is 17.2 Å². The number of amides is 2. The van der Waals surface area contributed by atoms with Crippen LogP contribution >= 0.6 is 0 Å². The first-order chi connectivity index (χ1) is 17.5. The number of ketones is 1. The molecule has 36 heavy (non-hydrogen) atoms. The lowest BCUT2D eigenvalue weighted by atomic mass is 10.0. The van der Waals surface area contributed by atoms with Gasteiger partial charge in [0.1, 0.15) is 35.9 Å². The summed E-state index contributed by atoms with van der Waals surface area (Å²) in [7, 11) is 0. The summed E-state index contributed by atoms with van der Waals surface area (Å²) in [4.78, 5) is 40.6. The number of rotatable bonds is 7. The standard InChI is InChI=1S/C28H26N2O6/c31-20-6-4-5-18(15-20)16-23(28(34)30-14-13-25-26(30)24(32)17-35-25)29-27(33)19-9-11-22(12-10-19)36-21-7-2-1-3-8-21/h1-12,15,23,25-26,31H,13-14,16-17H2,(H,29,33). The molecule has 2 N–H and O–H groups in total. The molecule has 0 aromatic heterocycles. The molecule has 0 bridgehead atoms. The van der Waals surface area contributed by atoms with Crippen molar-refractivity contribution in [1.29, 1.82) is 0 Å². The van der Waals surface area contributed by atoms with E-state index in [0.29, 0.717) is 35.6 Å². The van der Waals surface area contributed by atoms with Crippen LogP contribution in [-0.2, 0) is 20.7 Å². The summed E-state index contributed by atoms with van der Waals surface area (Å²) in [5.41, 5.74) is 1.05. The second kappa shape index (κ2) is 10.2. The van der Waals surface area contributed by atoms with E-state index in [1.807, 2.05) is 30.3 Å². The number of fused-ring (bicyclic) bond motifs is 1. The fourth-order valence-corrected chi connectivity index (χ4v) is 4.70. The first kappa shape index (κ1) is 23.6. The van der Waals surface area contributed by atoms with Gasteiger partial charge in [0.15, 0.2) is 5.78 Å². The Morgan fingerprint density at radius 1 is 1.03 bits per heavy atom. The van der Waals surface area contributed by atoms with Crippen LogP contribution in [0.4, 0.5) is 0 Å². The number of hydrogen-bond donors (Lipinski definition) is 2. The Bertz CT molecular complexity index is 1260. The van der Waals surface area contributed by atoms with Gasteiger partial charge in [-0.15, -0.1) is 0 Å². The maximum atomic E-state index is 13.6. The zero-order valence-electron chi connectivity index (χ0n) is 19.5. The van der Waals surface area contributed by atoms with E-state index in [2.05, 4.69) is 5.32 Å². The molecular formula is C28H26N2O6. The highest BCUT2D eigenvalue weighted by Crippen LogP contribution is 2.28. The predicted molar refractivity (Wildman–Crippen MR) is 131 cm³/mol. The molecule has 2 saturated heterocycles. The van der Waals surface area contributed by atoms with Crippen LogP contribution in [-0.4, -0.2) is 58.9 Å². The number of Topliss-reactive ketones (excluding diaryl/α,β-unsaturated/α-hetero) is 1. The monoisotopic (exact) mass is 486 g/mol. The number of hydrogen-bond acceptors (Lipinski definition) is 6. The van der Waals surface area contributed by atoms with Gasteiger partial charge in [-0.05, 0) is 60.5 Å². The fraction of sp³-hybridized carbons (Fsp3) is 0.250. The molecule has 3 atom stereocenters. The van der Waals surface area contributed by atoms with Crippen molar-refractivity contribution >= 4 is 17.6 Å². The van der Waals surface area contributed by atoms with Gasteiger partial charge in [0.05, 0.1) is 6.10 Å². The number of para-hydroxylation sites is 1. The lowest BCUT2D eigenvalue weighted by Gasteiger charge is -2.27. The Balaban J connectivity index is 1.33. The van der Waals surface area contributed by atoms with Crippen LogP contribution in [0.3, 0.4) is 0 Å². The fourth-order valence-electron chi connectivity index (χ4n) is 4.70. The molecule has 3 aromatic rings. The van der Waals surface area contributed by atoms with Gasteiger partial charge in [-0.25, -0.2) is 0 Å². The van der Waals surface area contributed by atoms with Gasteiger partial charge < -0.3 is 24.8 Å². The van der Waals surface area contributed by atoms with Gasteiger partial charge in [-0.2, -0.15) is 0 Å². The maximum absolute atomic E-state index is 13.6. The third-order valence-corrected chi connectivity index (χ3v) is 6.44. The van der Waals surface area contributed by atoms with Crippen LogP contribution in [0.1, 0.15) is 22.3 Å². The van der Waals surface area contributed by atoms with E-state index in [9.17, 15) is 19.5 Å². The van der Waals surface area contributed by atoms with E-state index < -0.39 is 18.0 Å². The number of likely N-dealkylation sites (tertiary alicyclic amines) is 1. The van der Waals surface area contributed by atoms with Crippen molar-refractivity contribution in [3.8, 4) is 17.2 Å². The quantitative estimate of drug-likeness (QED) is 0.532. The number of aromatic hydroxyl groups is 1. The van der Waals surface area contributed by atoms with Crippen LogP contribution in [0, 0.1) is 0 Å². The Kier molecular flexibility index (Phi) is 6.69. The van der Waals surface area contributed by atoms with Crippen molar-refractivity contribution in [3.05, 3.63) is 90.0 Å². The smallest absolute Gasteiger partial charge is 0.251 e. The average molecular weight is 487 g/mol. The highest BCUT2D eigenvalue weighted by molar-refractivity contribution is 5.99. The molecule has 2 fully saturated rings. The third kappa shape index (κ3) is 5.08. The number of carbonyl (C=O) groups excluding carboxylic acids is 3. The number of ether oxygens (including phenoxy) is 2. The molecule has 0 saturated carbocycles. The van der Waals surface area contributed by atoms with E-state index in [0.717, 1.165) is 0 Å². The largest absolute Gasteiger partial charge is 0.508 e. The SMILES string of the molecule is O=C(NC(Cc1cccc(O)c1)C(=O)N1CCC2OCC(=O)C21)c1ccc(Oc2ccccc2)cc1. The summed E-state index contributed by atoms with van der Waals surface area (Å²) in [6.45, 7) is 0.387. The second-order valence-electron chi connectivity index (χ2n) is 8.92. The Morgan fingerprint density at radius 3 is 2.53 bits per heavy atom. The summed E-state index contributed by atoms with van der Waals surface area (Å²) in [6.07, 6.45) is 0.449. The minimum Gasteiger partial charge on any atom is -0.508 e. The van der Waals surface area contributed by atoms with Gasteiger partial charge in [0, 0.05) is 18.5 Å². The first-order valence-corrected chi connectivity index (χ1v) is 11.8. The van der Waals surface area contributed by atoms with Gasteiger partial charge in [0.2, 0.25) is 5.91 Å². The molecule has 2 aliphatic rings. The molecular weight excluding hydrogens is 460 g/mol. The van der Waals surface area contributed by atoms with Crippen LogP contribution in [0.25, 0.3) is 0 Å². The lowest BCUT2D eigenvalue weighted by molar-refractivity contribution is -0.138. The molecule has 2 aliphatic heterocycles. The summed E-state index contributed by atoms with van der Waals surface area (Å²) in [6, 6.07) is 20.9. The van der Waals surface area contributed by atoms with Crippen molar-refractivity contribution in [2.24, 2.45) is 0 Å². The molecule has 8 nitrogen and oxygen atoms in total. The van der Waals surface area contributed by atoms with Crippen molar-refractivity contribution in [2.45, 2.75) is 31.0 Å². The number of phenols is 1. The molecule has 8 heteroatoms. The lowest BCUT2D eigenvalue weighted by Crippen LogP contribution is -2.53. The zero-order chi connectivity index (χ0) is 25.1. The van der Waals surface area contributed by atoms with E-state index in [1.165, 1.54) is 11.0 Å². The highest BCUT2D eigenvalue weighted by Gasteiger charge is 2.48. The van der Waals surface area contributed by atoms with Crippen molar-refractivity contribution in [3.63, 3.8) is 0 Å². The van der Waals surface area contributed by atoms with E-state index >= 15 is 0 Å². The normalized spacial score (nSPS) is 19.6. The zero-order valence-corrected chi connectivity index (χ0v) is 19.5. The number of benzene rings is 3. The molecule has 3 aromatic carbocycles. The van der Waals surface area contributed by atoms with Crippen molar-refractivity contribution < 1.29 is 29.0 Å². The van der Waals surface area contributed by atoms with Crippen LogP contribution in [0.2, 0.25) is 0 Å². The van der Waals surface area contributed by atoms with Gasteiger partial charge in [-0.3, -0.25) is 14.4 Å². The molecule has 5 rings (SSSR count).